The van der Waals surface area contributed by atoms with Gasteiger partial charge in [0.05, 0.1) is 11.4 Å². The van der Waals surface area contributed by atoms with E-state index < -0.39 is 24.1 Å². The Kier molecular flexibility index (Phi) is 5.93. The van der Waals surface area contributed by atoms with Crippen molar-refractivity contribution in [2.45, 2.75) is 32.5 Å². The van der Waals surface area contributed by atoms with Gasteiger partial charge in [-0.05, 0) is 37.6 Å². The number of hydrogen-bond donors (Lipinski definition) is 1. The van der Waals surface area contributed by atoms with Gasteiger partial charge in [-0.1, -0.05) is 37.3 Å². The Balaban J connectivity index is 1.68. The number of carbonyl (C=O) groups is 3. The molecule has 0 spiro atoms. The SMILES string of the molecule is CC[C@@H](Oc1ccccc1)C(=O)O[C@@H](C)C(=O)N1CC(=O)Nc2ccccc21. The highest BCUT2D eigenvalue weighted by Crippen LogP contribution is 2.29. The predicted molar refractivity (Wildman–Crippen MR) is 104 cm³/mol. The highest BCUT2D eigenvalue weighted by atomic mass is 16.6. The van der Waals surface area contributed by atoms with Crippen LogP contribution in [0.3, 0.4) is 0 Å². The number of esters is 1. The maximum atomic E-state index is 12.8. The molecule has 0 bridgehead atoms. The second-order valence-electron chi connectivity index (χ2n) is 6.40. The molecule has 0 saturated heterocycles. The summed E-state index contributed by atoms with van der Waals surface area (Å²) in [4.78, 5) is 38.6. The number of rotatable bonds is 6. The lowest BCUT2D eigenvalue weighted by atomic mass is 10.1. The molecule has 3 rings (SSSR count). The Bertz CT molecular complexity index is 868. The van der Waals surface area contributed by atoms with E-state index >= 15 is 0 Å². The number of anilines is 2. The molecule has 0 unspecified atom stereocenters. The van der Waals surface area contributed by atoms with Crippen LogP contribution in [0.5, 0.6) is 5.75 Å². The molecule has 1 N–H and O–H groups in total. The van der Waals surface area contributed by atoms with Gasteiger partial charge in [0.15, 0.2) is 12.2 Å². The number of hydrogen-bond acceptors (Lipinski definition) is 5. The number of amides is 2. The maximum Gasteiger partial charge on any atom is 0.348 e. The molecule has 2 aromatic rings. The molecule has 28 heavy (non-hydrogen) atoms. The molecule has 7 nitrogen and oxygen atoms in total. The minimum Gasteiger partial charge on any atom is -0.479 e. The number of para-hydroxylation sites is 3. The van der Waals surface area contributed by atoms with Crippen LogP contribution >= 0.6 is 0 Å². The van der Waals surface area contributed by atoms with Gasteiger partial charge in [-0.15, -0.1) is 0 Å². The first-order chi connectivity index (χ1) is 13.5. The minimum atomic E-state index is -1.06. The zero-order valence-electron chi connectivity index (χ0n) is 15.8. The van der Waals surface area contributed by atoms with Crippen LogP contribution in [0.1, 0.15) is 20.3 Å². The Hall–Kier alpha value is -3.35. The van der Waals surface area contributed by atoms with Gasteiger partial charge in [-0.25, -0.2) is 4.79 Å². The van der Waals surface area contributed by atoms with Crippen molar-refractivity contribution in [3.8, 4) is 5.75 Å². The van der Waals surface area contributed by atoms with Crippen LogP contribution in [-0.4, -0.2) is 36.5 Å². The molecule has 0 fully saturated rings. The smallest absolute Gasteiger partial charge is 0.348 e. The van der Waals surface area contributed by atoms with Crippen LogP contribution < -0.4 is 15.0 Å². The van der Waals surface area contributed by atoms with Gasteiger partial charge >= 0.3 is 5.97 Å². The lowest BCUT2D eigenvalue weighted by Gasteiger charge is -2.31. The average molecular weight is 382 g/mol. The molecule has 1 aliphatic heterocycles. The zero-order chi connectivity index (χ0) is 20.1. The topological polar surface area (TPSA) is 84.9 Å². The normalized spacial score (nSPS) is 15.1. The maximum absolute atomic E-state index is 12.8. The molecule has 1 heterocycles. The minimum absolute atomic E-state index is 0.130. The molecule has 2 atom stereocenters. The van der Waals surface area contributed by atoms with Crippen LogP contribution in [0.15, 0.2) is 54.6 Å². The Morgan fingerprint density at radius 1 is 1.11 bits per heavy atom. The fourth-order valence-electron chi connectivity index (χ4n) is 2.91. The molecule has 7 heteroatoms. The first-order valence-electron chi connectivity index (χ1n) is 9.12. The first-order valence-corrected chi connectivity index (χ1v) is 9.12. The third kappa shape index (κ3) is 4.31. The fourth-order valence-corrected chi connectivity index (χ4v) is 2.91. The summed E-state index contributed by atoms with van der Waals surface area (Å²) in [6.45, 7) is 3.16. The summed E-state index contributed by atoms with van der Waals surface area (Å²) in [7, 11) is 0. The number of nitrogens with zero attached hydrogens (tertiary/aromatic N) is 1. The monoisotopic (exact) mass is 382 g/mol. The van der Waals surface area contributed by atoms with Gasteiger partial charge in [-0.3, -0.25) is 14.5 Å². The molecular formula is C21H22N2O5. The third-order valence-corrected chi connectivity index (χ3v) is 4.33. The Morgan fingerprint density at radius 3 is 2.50 bits per heavy atom. The molecule has 0 saturated carbocycles. The van der Waals surface area contributed by atoms with Crippen molar-refractivity contribution < 1.29 is 23.9 Å². The first kappa shape index (κ1) is 19.4. The van der Waals surface area contributed by atoms with E-state index in [1.54, 1.807) is 55.5 Å². The van der Waals surface area contributed by atoms with E-state index in [4.69, 9.17) is 9.47 Å². The Labute approximate surface area is 163 Å². The molecule has 146 valence electrons. The van der Waals surface area contributed by atoms with Crippen molar-refractivity contribution in [1.82, 2.24) is 0 Å². The van der Waals surface area contributed by atoms with Crippen molar-refractivity contribution >= 4 is 29.2 Å². The summed E-state index contributed by atoms with van der Waals surface area (Å²) >= 11 is 0. The van der Waals surface area contributed by atoms with Crippen molar-refractivity contribution in [3.63, 3.8) is 0 Å². The van der Waals surface area contributed by atoms with E-state index in [0.717, 1.165) is 0 Å². The molecule has 0 aliphatic carbocycles. The number of carbonyl (C=O) groups excluding carboxylic acids is 3. The van der Waals surface area contributed by atoms with Gasteiger partial charge in [0.1, 0.15) is 12.3 Å². The molecular weight excluding hydrogens is 360 g/mol. The van der Waals surface area contributed by atoms with Gasteiger partial charge in [0, 0.05) is 0 Å². The fraction of sp³-hybridized carbons (Fsp3) is 0.286. The summed E-state index contributed by atoms with van der Waals surface area (Å²) in [5, 5.41) is 2.72. The van der Waals surface area contributed by atoms with Crippen molar-refractivity contribution in [2.24, 2.45) is 0 Å². The molecule has 2 aromatic carbocycles. The van der Waals surface area contributed by atoms with E-state index in [-0.39, 0.29) is 12.5 Å². The highest BCUT2D eigenvalue weighted by Gasteiger charge is 2.32. The van der Waals surface area contributed by atoms with E-state index in [9.17, 15) is 14.4 Å². The number of nitrogens with one attached hydrogen (secondary N) is 1. The average Bonchev–Trinajstić information content (AvgIpc) is 2.71. The Morgan fingerprint density at radius 2 is 1.79 bits per heavy atom. The largest absolute Gasteiger partial charge is 0.479 e. The molecule has 2 amide bonds. The molecule has 0 radical (unpaired) electrons. The van der Waals surface area contributed by atoms with Crippen LogP contribution in [-0.2, 0) is 19.1 Å². The summed E-state index contributed by atoms with van der Waals surface area (Å²) in [5.74, 6) is -0.844. The summed E-state index contributed by atoms with van der Waals surface area (Å²) in [6.07, 6.45) is -1.49. The van der Waals surface area contributed by atoms with Crippen molar-refractivity contribution in [1.29, 1.82) is 0 Å². The summed E-state index contributed by atoms with van der Waals surface area (Å²) in [6, 6.07) is 15.9. The van der Waals surface area contributed by atoms with Gasteiger partial charge in [-0.2, -0.15) is 0 Å². The van der Waals surface area contributed by atoms with E-state index in [1.807, 2.05) is 6.07 Å². The van der Waals surface area contributed by atoms with E-state index in [2.05, 4.69) is 5.32 Å². The van der Waals surface area contributed by atoms with Gasteiger partial charge < -0.3 is 14.8 Å². The summed E-state index contributed by atoms with van der Waals surface area (Å²) in [5.41, 5.74) is 1.12. The standard InChI is InChI=1S/C21H22N2O5/c1-3-18(28-15-9-5-4-6-10-15)21(26)27-14(2)20(25)23-13-19(24)22-16-11-7-8-12-17(16)23/h4-12,14,18H,3,13H2,1-2H3,(H,22,24)/t14-,18+/m0/s1. The molecule has 0 aromatic heterocycles. The van der Waals surface area contributed by atoms with Crippen LogP contribution in [0.2, 0.25) is 0 Å². The predicted octanol–water partition coefficient (Wildman–Crippen LogP) is 2.76. The van der Waals surface area contributed by atoms with Crippen LogP contribution in [0.4, 0.5) is 11.4 Å². The highest BCUT2D eigenvalue weighted by molar-refractivity contribution is 6.11. The second-order valence-corrected chi connectivity index (χ2v) is 6.40. The van der Waals surface area contributed by atoms with E-state index in [0.29, 0.717) is 23.5 Å². The lowest BCUT2D eigenvalue weighted by Crippen LogP contribution is -2.47. The zero-order valence-corrected chi connectivity index (χ0v) is 15.8. The van der Waals surface area contributed by atoms with Crippen molar-refractivity contribution in [3.05, 3.63) is 54.6 Å². The number of benzene rings is 2. The van der Waals surface area contributed by atoms with Crippen LogP contribution in [0, 0.1) is 0 Å². The number of fused-ring (bicyclic) bond motifs is 1. The quantitative estimate of drug-likeness (QED) is 0.777. The van der Waals surface area contributed by atoms with Gasteiger partial charge in [0.2, 0.25) is 5.91 Å². The second kappa shape index (κ2) is 8.56. The van der Waals surface area contributed by atoms with Crippen molar-refractivity contribution in [2.75, 3.05) is 16.8 Å². The number of ether oxygens (including phenoxy) is 2. The summed E-state index contributed by atoms with van der Waals surface area (Å²) < 4.78 is 11.0. The lowest BCUT2D eigenvalue weighted by molar-refractivity contribution is -0.161. The van der Waals surface area contributed by atoms with Crippen LogP contribution in [0.25, 0.3) is 0 Å². The molecule has 1 aliphatic rings. The van der Waals surface area contributed by atoms with E-state index in [1.165, 1.54) is 11.8 Å². The third-order valence-electron chi connectivity index (χ3n) is 4.33. The van der Waals surface area contributed by atoms with Gasteiger partial charge in [0.25, 0.3) is 5.91 Å².